The largest absolute Gasteiger partial charge is 0.488 e. The summed E-state index contributed by atoms with van der Waals surface area (Å²) in [6, 6.07) is 27.3. The standard InChI is InChI=1S/C29H22FNO4/c30-22-11-6-10-21(16-22)17-25(29-28(31-32)27(35-29)18-23-12-7-15-33-23)24-13-4-5-14-26(24)34-19-20-8-2-1-3-9-20/h1-16,18,32H,17,19H2/b27-18-,29-25-,31-28+. The van der Waals surface area contributed by atoms with Gasteiger partial charge in [0.15, 0.2) is 17.2 Å². The van der Waals surface area contributed by atoms with Crippen molar-refractivity contribution in [2.24, 2.45) is 5.16 Å². The molecule has 0 amide bonds. The molecule has 174 valence electrons. The summed E-state index contributed by atoms with van der Waals surface area (Å²) in [5, 5.41) is 13.3. The Balaban J connectivity index is 1.54. The second-order valence-corrected chi connectivity index (χ2v) is 7.96. The first-order chi connectivity index (χ1) is 17.2. The second kappa shape index (κ2) is 10.1. The van der Waals surface area contributed by atoms with E-state index in [0.29, 0.717) is 41.6 Å². The number of furan rings is 1. The summed E-state index contributed by atoms with van der Waals surface area (Å²) >= 11 is 0. The van der Waals surface area contributed by atoms with Gasteiger partial charge in [0.2, 0.25) is 0 Å². The minimum absolute atomic E-state index is 0.283. The molecule has 2 heterocycles. The van der Waals surface area contributed by atoms with Gasteiger partial charge in [-0.1, -0.05) is 65.8 Å². The Morgan fingerprint density at radius 1 is 0.914 bits per heavy atom. The Bertz CT molecular complexity index is 1410. The highest BCUT2D eigenvalue weighted by Gasteiger charge is 2.34. The number of ether oxygens (including phenoxy) is 2. The van der Waals surface area contributed by atoms with Gasteiger partial charge in [0.25, 0.3) is 0 Å². The van der Waals surface area contributed by atoms with Gasteiger partial charge in [0, 0.05) is 23.6 Å². The van der Waals surface area contributed by atoms with Gasteiger partial charge >= 0.3 is 0 Å². The van der Waals surface area contributed by atoms with Crippen LogP contribution in [0, 0.1) is 5.82 Å². The van der Waals surface area contributed by atoms with Crippen LogP contribution in [0.5, 0.6) is 5.75 Å². The number of hydrogen-bond acceptors (Lipinski definition) is 5. The van der Waals surface area contributed by atoms with E-state index >= 15 is 0 Å². The van der Waals surface area contributed by atoms with E-state index in [1.54, 1.807) is 30.5 Å². The van der Waals surface area contributed by atoms with Gasteiger partial charge in [0.05, 0.1) is 6.26 Å². The number of hydrogen-bond donors (Lipinski definition) is 1. The molecule has 1 saturated heterocycles. The normalized spacial score (nSPS) is 16.6. The summed E-state index contributed by atoms with van der Waals surface area (Å²) in [6.45, 7) is 0.381. The number of allylic oxidation sites excluding steroid dienone is 1. The molecule has 0 unspecified atom stereocenters. The summed E-state index contributed by atoms with van der Waals surface area (Å²) in [7, 11) is 0. The Hall–Kier alpha value is -4.58. The van der Waals surface area contributed by atoms with Crippen molar-refractivity contribution in [3.63, 3.8) is 0 Å². The van der Waals surface area contributed by atoms with E-state index in [2.05, 4.69) is 5.16 Å². The first-order valence-corrected chi connectivity index (χ1v) is 11.1. The zero-order valence-corrected chi connectivity index (χ0v) is 18.7. The first-order valence-electron chi connectivity index (χ1n) is 11.1. The highest BCUT2D eigenvalue weighted by atomic mass is 19.1. The number of halogens is 1. The van der Waals surface area contributed by atoms with Crippen molar-refractivity contribution < 1.29 is 23.5 Å². The summed E-state index contributed by atoms with van der Waals surface area (Å²) in [5.41, 5.74) is 3.53. The maximum Gasteiger partial charge on any atom is 0.188 e. The highest BCUT2D eigenvalue weighted by molar-refractivity contribution is 6.21. The minimum atomic E-state index is -0.329. The monoisotopic (exact) mass is 467 g/mol. The Kier molecular flexibility index (Phi) is 6.44. The van der Waals surface area contributed by atoms with E-state index in [-0.39, 0.29) is 11.5 Å². The Morgan fingerprint density at radius 3 is 2.49 bits per heavy atom. The van der Waals surface area contributed by atoms with Crippen LogP contribution in [0.3, 0.4) is 0 Å². The predicted molar refractivity (Wildman–Crippen MR) is 131 cm³/mol. The zero-order valence-electron chi connectivity index (χ0n) is 18.7. The van der Waals surface area contributed by atoms with Crippen molar-refractivity contribution in [3.05, 3.63) is 137 Å². The van der Waals surface area contributed by atoms with Crippen molar-refractivity contribution in [3.8, 4) is 5.75 Å². The third-order valence-electron chi connectivity index (χ3n) is 5.57. The number of nitrogens with zero attached hydrogens (tertiary/aromatic N) is 1. The molecule has 35 heavy (non-hydrogen) atoms. The van der Waals surface area contributed by atoms with E-state index in [4.69, 9.17) is 13.9 Å². The quantitative estimate of drug-likeness (QED) is 0.238. The number of oxime groups is 1. The summed E-state index contributed by atoms with van der Waals surface area (Å²) in [4.78, 5) is 0. The van der Waals surface area contributed by atoms with Crippen LogP contribution in [-0.4, -0.2) is 10.9 Å². The molecular weight excluding hydrogens is 445 g/mol. The maximum atomic E-state index is 14.0. The van der Waals surface area contributed by atoms with Crippen LogP contribution in [0.15, 0.2) is 118 Å². The molecule has 0 atom stereocenters. The number of benzene rings is 3. The molecule has 0 spiro atoms. The topological polar surface area (TPSA) is 64.2 Å². The lowest BCUT2D eigenvalue weighted by Crippen LogP contribution is -2.25. The van der Waals surface area contributed by atoms with Crippen molar-refractivity contribution in [2.75, 3.05) is 0 Å². The van der Waals surface area contributed by atoms with E-state index in [1.807, 2.05) is 60.7 Å². The molecule has 6 heteroatoms. The number of para-hydroxylation sites is 1. The zero-order chi connectivity index (χ0) is 24.0. The smallest absolute Gasteiger partial charge is 0.188 e. The van der Waals surface area contributed by atoms with Crippen LogP contribution in [0.2, 0.25) is 0 Å². The van der Waals surface area contributed by atoms with E-state index < -0.39 is 0 Å². The third-order valence-corrected chi connectivity index (χ3v) is 5.57. The average molecular weight is 467 g/mol. The first kappa shape index (κ1) is 22.2. The van der Waals surface area contributed by atoms with Crippen LogP contribution in [-0.2, 0) is 17.8 Å². The van der Waals surface area contributed by atoms with E-state index in [0.717, 1.165) is 16.7 Å². The van der Waals surface area contributed by atoms with Crippen LogP contribution in [0.25, 0.3) is 11.6 Å². The molecular formula is C29H22FNO4. The molecule has 0 saturated carbocycles. The van der Waals surface area contributed by atoms with Gasteiger partial charge in [0.1, 0.15) is 23.9 Å². The predicted octanol–water partition coefficient (Wildman–Crippen LogP) is 6.85. The fraction of sp³-hybridized carbons (Fsp3) is 0.0690. The molecule has 0 aliphatic carbocycles. The van der Waals surface area contributed by atoms with Gasteiger partial charge in [-0.25, -0.2) is 4.39 Å². The van der Waals surface area contributed by atoms with Gasteiger partial charge in [-0.2, -0.15) is 0 Å². The minimum Gasteiger partial charge on any atom is -0.488 e. The lowest BCUT2D eigenvalue weighted by Gasteiger charge is -2.28. The molecule has 1 fully saturated rings. The van der Waals surface area contributed by atoms with Crippen molar-refractivity contribution >= 4 is 17.4 Å². The van der Waals surface area contributed by atoms with Crippen LogP contribution in [0.4, 0.5) is 4.39 Å². The molecule has 1 N–H and O–H groups in total. The number of rotatable bonds is 7. The fourth-order valence-corrected chi connectivity index (χ4v) is 3.90. The second-order valence-electron chi connectivity index (χ2n) is 7.96. The third kappa shape index (κ3) is 5.01. The molecule has 1 aliphatic heterocycles. The van der Waals surface area contributed by atoms with Gasteiger partial charge in [-0.3, -0.25) is 0 Å². The van der Waals surface area contributed by atoms with Crippen LogP contribution in [0.1, 0.15) is 22.5 Å². The van der Waals surface area contributed by atoms with Crippen molar-refractivity contribution in [1.82, 2.24) is 0 Å². The van der Waals surface area contributed by atoms with E-state index in [1.165, 1.54) is 12.1 Å². The molecule has 0 radical (unpaired) electrons. The molecule has 5 rings (SSSR count). The maximum absolute atomic E-state index is 14.0. The van der Waals surface area contributed by atoms with Crippen molar-refractivity contribution in [1.29, 1.82) is 0 Å². The lowest BCUT2D eigenvalue weighted by atomic mass is 9.92. The summed E-state index contributed by atoms with van der Waals surface area (Å²) in [6.07, 6.45) is 3.54. The molecule has 1 aromatic heterocycles. The van der Waals surface area contributed by atoms with Gasteiger partial charge in [-0.05, 0) is 41.5 Å². The Morgan fingerprint density at radius 2 is 1.71 bits per heavy atom. The Labute approximate surface area is 202 Å². The lowest BCUT2D eigenvalue weighted by molar-refractivity contribution is 0.275. The summed E-state index contributed by atoms with van der Waals surface area (Å²) < 4.78 is 31.5. The SMILES string of the molecule is O/N=C1C(=C\c2ccco2)\OC\1=C(\Cc1cccc(F)c1)c1ccccc1OCc1ccccc1. The molecule has 0 bridgehead atoms. The molecule has 1 aliphatic rings. The molecule has 5 nitrogen and oxygen atoms in total. The average Bonchev–Trinajstić information content (AvgIpc) is 3.39. The summed E-state index contributed by atoms with van der Waals surface area (Å²) in [5.74, 6) is 1.64. The van der Waals surface area contributed by atoms with Crippen LogP contribution >= 0.6 is 0 Å². The van der Waals surface area contributed by atoms with Gasteiger partial charge < -0.3 is 19.1 Å². The van der Waals surface area contributed by atoms with Crippen LogP contribution < -0.4 is 4.74 Å². The molecule has 4 aromatic rings. The van der Waals surface area contributed by atoms with Crippen molar-refractivity contribution in [2.45, 2.75) is 13.0 Å². The molecule has 3 aromatic carbocycles. The van der Waals surface area contributed by atoms with Gasteiger partial charge in [-0.15, -0.1) is 0 Å². The highest BCUT2D eigenvalue weighted by Crippen LogP contribution is 2.39. The van der Waals surface area contributed by atoms with E-state index in [9.17, 15) is 9.60 Å². The fourth-order valence-electron chi connectivity index (χ4n) is 3.90.